The first-order valence-corrected chi connectivity index (χ1v) is 8.94. The van der Waals surface area contributed by atoms with Gasteiger partial charge in [0.05, 0.1) is 4.90 Å². The molecule has 2 N–H and O–H groups in total. The molecule has 1 aromatic rings. The van der Waals surface area contributed by atoms with Crippen LogP contribution in [-0.4, -0.2) is 21.5 Å². The highest BCUT2D eigenvalue weighted by Gasteiger charge is 2.22. The van der Waals surface area contributed by atoms with Gasteiger partial charge in [-0.25, -0.2) is 13.1 Å². The third-order valence-electron chi connectivity index (χ3n) is 3.87. The van der Waals surface area contributed by atoms with Crippen LogP contribution in [0.1, 0.15) is 40.2 Å². The molecule has 0 amide bonds. The van der Waals surface area contributed by atoms with Gasteiger partial charge in [-0.3, -0.25) is 0 Å². The number of hydrogen-bond donors (Lipinski definition) is 2. The van der Waals surface area contributed by atoms with E-state index in [-0.39, 0.29) is 11.3 Å². The molecule has 4 nitrogen and oxygen atoms in total. The van der Waals surface area contributed by atoms with Crippen LogP contribution in [0.3, 0.4) is 0 Å². The molecule has 5 heteroatoms. The van der Waals surface area contributed by atoms with Crippen molar-refractivity contribution < 1.29 is 8.42 Å². The Labute approximate surface area is 129 Å². The van der Waals surface area contributed by atoms with Crippen LogP contribution in [0, 0.1) is 11.3 Å². The second-order valence-electron chi connectivity index (χ2n) is 6.54. The van der Waals surface area contributed by atoms with Gasteiger partial charge < -0.3 is 5.32 Å². The predicted molar refractivity (Wildman–Crippen MR) is 87.6 cm³/mol. The van der Waals surface area contributed by atoms with Crippen molar-refractivity contribution in [1.82, 2.24) is 10.0 Å². The Kier molecular flexibility index (Phi) is 6.38. The first-order chi connectivity index (χ1) is 9.66. The van der Waals surface area contributed by atoms with E-state index in [0.29, 0.717) is 11.4 Å². The van der Waals surface area contributed by atoms with Crippen molar-refractivity contribution in [3.63, 3.8) is 0 Å². The van der Waals surface area contributed by atoms with Crippen LogP contribution in [0.5, 0.6) is 0 Å². The monoisotopic (exact) mass is 312 g/mol. The molecule has 0 aliphatic heterocycles. The minimum Gasteiger partial charge on any atom is -0.313 e. The molecule has 0 heterocycles. The van der Waals surface area contributed by atoms with Crippen molar-refractivity contribution in [2.75, 3.05) is 13.1 Å². The van der Waals surface area contributed by atoms with Crippen LogP contribution in [0.15, 0.2) is 29.2 Å². The molecule has 0 saturated heterocycles. The largest absolute Gasteiger partial charge is 0.313 e. The summed E-state index contributed by atoms with van der Waals surface area (Å²) in [5, 5.41) is 3.21. The summed E-state index contributed by atoms with van der Waals surface area (Å²) in [4.78, 5) is 0.323. The highest BCUT2D eigenvalue weighted by molar-refractivity contribution is 7.89. The van der Waals surface area contributed by atoms with Crippen LogP contribution in [-0.2, 0) is 16.6 Å². The molecule has 0 aliphatic rings. The Bertz CT molecular complexity index is 530. The average Bonchev–Trinajstić information content (AvgIpc) is 2.42. The number of sulfonamides is 1. The maximum atomic E-state index is 12.3. The normalized spacial score (nSPS) is 14.1. The summed E-state index contributed by atoms with van der Waals surface area (Å²) in [6.45, 7) is 12.5. The lowest BCUT2D eigenvalue weighted by molar-refractivity contribution is 0.263. The van der Waals surface area contributed by atoms with Crippen LogP contribution in [0.2, 0.25) is 0 Å². The van der Waals surface area contributed by atoms with Gasteiger partial charge in [0, 0.05) is 13.1 Å². The zero-order valence-electron chi connectivity index (χ0n) is 13.7. The van der Waals surface area contributed by atoms with Crippen LogP contribution in [0.25, 0.3) is 0 Å². The fourth-order valence-corrected chi connectivity index (χ4v) is 2.81. The second-order valence-corrected chi connectivity index (χ2v) is 8.31. The molecular weight excluding hydrogens is 284 g/mol. The Morgan fingerprint density at radius 1 is 1.14 bits per heavy atom. The molecule has 0 saturated carbocycles. The summed E-state index contributed by atoms with van der Waals surface area (Å²) in [5.74, 6) is 0.264. The van der Waals surface area contributed by atoms with Gasteiger partial charge in [0.2, 0.25) is 10.0 Å². The SMILES string of the molecule is CCNCc1ccc(S(=O)(=O)NCC(C)C(C)(C)C)cc1. The van der Waals surface area contributed by atoms with E-state index in [1.165, 1.54) is 0 Å². The molecule has 0 fully saturated rings. The van der Waals surface area contributed by atoms with Gasteiger partial charge >= 0.3 is 0 Å². The van der Waals surface area contributed by atoms with E-state index in [4.69, 9.17) is 0 Å². The van der Waals surface area contributed by atoms with Crippen molar-refractivity contribution in [3.8, 4) is 0 Å². The van der Waals surface area contributed by atoms with E-state index in [1.807, 2.05) is 19.1 Å². The molecule has 0 bridgehead atoms. The number of nitrogens with one attached hydrogen (secondary N) is 2. The fourth-order valence-electron chi connectivity index (χ4n) is 1.68. The molecule has 0 spiro atoms. The topological polar surface area (TPSA) is 58.2 Å². The van der Waals surface area contributed by atoms with Gasteiger partial charge in [0.25, 0.3) is 0 Å². The number of rotatable bonds is 7. The Balaban J connectivity index is 2.70. The summed E-state index contributed by atoms with van der Waals surface area (Å²) >= 11 is 0. The van der Waals surface area contributed by atoms with Crippen molar-refractivity contribution >= 4 is 10.0 Å². The molecule has 1 rings (SSSR count). The van der Waals surface area contributed by atoms with Crippen LogP contribution < -0.4 is 10.0 Å². The van der Waals surface area contributed by atoms with Gasteiger partial charge in [-0.1, -0.05) is 46.8 Å². The average molecular weight is 312 g/mol. The first-order valence-electron chi connectivity index (χ1n) is 7.46. The summed E-state index contributed by atoms with van der Waals surface area (Å²) in [6, 6.07) is 7.03. The van der Waals surface area contributed by atoms with Gasteiger partial charge in [0.15, 0.2) is 0 Å². The summed E-state index contributed by atoms with van der Waals surface area (Å²) in [6.07, 6.45) is 0. The molecule has 21 heavy (non-hydrogen) atoms. The zero-order valence-corrected chi connectivity index (χ0v) is 14.5. The summed E-state index contributed by atoms with van der Waals surface area (Å²) in [5.41, 5.74) is 1.16. The number of benzene rings is 1. The third kappa shape index (κ3) is 5.77. The lowest BCUT2D eigenvalue weighted by Crippen LogP contribution is -2.33. The lowest BCUT2D eigenvalue weighted by Gasteiger charge is -2.27. The van der Waals surface area contributed by atoms with Crippen LogP contribution in [0.4, 0.5) is 0 Å². The number of hydrogen-bond acceptors (Lipinski definition) is 3. The predicted octanol–water partition coefficient (Wildman–Crippen LogP) is 2.76. The standard InChI is InChI=1S/C16H28N2O2S/c1-6-17-12-14-7-9-15(10-8-14)21(19,20)18-11-13(2)16(3,4)5/h7-10,13,17-18H,6,11-12H2,1-5H3. The molecule has 0 aliphatic carbocycles. The lowest BCUT2D eigenvalue weighted by atomic mass is 9.82. The molecule has 0 aromatic heterocycles. The van der Waals surface area contributed by atoms with E-state index in [1.54, 1.807) is 12.1 Å². The van der Waals surface area contributed by atoms with Gasteiger partial charge in [-0.15, -0.1) is 0 Å². The Hall–Kier alpha value is -0.910. The van der Waals surface area contributed by atoms with Gasteiger partial charge in [-0.05, 0) is 35.6 Å². The highest BCUT2D eigenvalue weighted by atomic mass is 32.2. The quantitative estimate of drug-likeness (QED) is 0.814. The van der Waals surface area contributed by atoms with E-state index in [9.17, 15) is 8.42 Å². The Morgan fingerprint density at radius 3 is 2.19 bits per heavy atom. The van der Waals surface area contributed by atoms with Gasteiger partial charge in [0.1, 0.15) is 0 Å². The molecule has 120 valence electrons. The van der Waals surface area contributed by atoms with Crippen molar-refractivity contribution in [3.05, 3.63) is 29.8 Å². The molecule has 1 unspecified atom stereocenters. The maximum Gasteiger partial charge on any atom is 0.240 e. The maximum absolute atomic E-state index is 12.3. The third-order valence-corrected chi connectivity index (χ3v) is 5.31. The molecule has 1 aromatic carbocycles. The highest BCUT2D eigenvalue weighted by Crippen LogP contribution is 2.24. The molecular formula is C16H28N2O2S. The van der Waals surface area contributed by atoms with Crippen molar-refractivity contribution in [1.29, 1.82) is 0 Å². The van der Waals surface area contributed by atoms with Crippen molar-refractivity contribution in [2.24, 2.45) is 11.3 Å². The molecule has 0 radical (unpaired) electrons. The minimum absolute atomic E-state index is 0.0815. The summed E-state index contributed by atoms with van der Waals surface area (Å²) in [7, 11) is -3.42. The first kappa shape index (κ1) is 18.1. The molecule has 1 atom stereocenters. The van der Waals surface area contributed by atoms with Crippen molar-refractivity contribution in [2.45, 2.75) is 46.1 Å². The Morgan fingerprint density at radius 2 is 1.71 bits per heavy atom. The van der Waals surface area contributed by atoms with E-state index in [0.717, 1.165) is 18.7 Å². The van der Waals surface area contributed by atoms with Gasteiger partial charge in [-0.2, -0.15) is 0 Å². The summed E-state index contributed by atoms with van der Waals surface area (Å²) < 4.78 is 27.2. The van der Waals surface area contributed by atoms with E-state index in [2.05, 4.69) is 37.7 Å². The minimum atomic E-state index is -3.42. The smallest absolute Gasteiger partial charge is 0.240 e. The zero-order chi connectivity index (χ0) is 16.1. The second kappa shape index (κ2) is 7.38. The van der Waals surface area contributed by atoms with Crippen LogP contribution >= 0.6 is 0 Å². The van der Waals surface area contributed by atoms with E-state index >= 15 is 0 Å². The van der Waals surface area contributed by atoms with E-state index < -0.39 is 10.0 Å². The fraction of sp³-hybridized carbons (Fsp3) is 0.625.